The first kappa shape index (κ1) is 4.01. The number of rotatable bonds is 0. The van der Waals surface area contributed by atoms with Crippen molar-refractivity contribution in [1.82, 2.24) is 10.4 Å². The highest BCUT2D eigenvalue weighted by Gasteiger charge is 2.14. The van der Waals surface area contributed by atoms with Gasteiger partial charge in [-0.3, -0.25) is 5.01 Å². The van der Waals surface area contributed by atoms with Crippen molar-refractivity contribution < 1.29 is 0 Å². The summed E-state index contributed by atoms with van der Waals surface area (Å²) in [4.78, 5) is 0. The van der Waals surface area contributed by atoms with Gasteiger partial charge in [0.05, 0.1) is 5.70 Å². The van der Waals surface area contributed by atoms with E-state index in [9.17, 15) is 0 Å². The lowest BCUT2D eigenvalue weighted by atomic mass is 10.4. The van der Waals surface area contributed by atoms with E-state index in [1.165, 1.54) is 5.70 Å². The fourth-order valence-electron chi connectivity index (χ4n) is 1.02. The molecule has 1 radical (unpaired) electrons. The monoisotopic (exact) mass is 107 g/mol. The Kier molecular flexibility index (Phi) is 0.640. The van der Waals surface area contributed by atoms with Crippen molar-refractivity contribution in [2.75, 3.05) is 6.54 Å². The number of hydrazine groups is 1. The Hall–Kier alpha value is -0.920. The number of fused-ring (bicyclic) bond motifs is 1. The van der Waals surface area contributed by atoms with E-state index in [1.807, 2.05) is 6.20 Å². The zero-order valence-electron chi connectivity index (χ0n) is 4.52. The standard InChI is InChI=1S/C6H7N2/c1-2-6-3-4-7-8(6)5-1/h2,4,7H,1,5H2. The summed E-state index contributed by atoms with van der Waals surface area (Å²) in [5, 5.41) is 2.08. The zero-order chi connectivity index (χ0) is 5.40. The minimum atomic E-state index is 1.10. The smallest absolute Gasteiger partial charge is 0.0627 e. The van der Waals surface area contributed by atoms with Crippen LogP contribution in [-0.2, 0) is 0 Å². The number of hydrogen-bond donors (Lipinski definition) is 1. The van der Waals surface area contributed by atoms with Crippen molar-refractivity contribution in [3.05, 3.63) is 24.0 Å². The van der Waals surface area contributed by atoms with Gasteiger partial charge in [0.2, 0.25) is 0 Å². The van der Waals surface area contributed by atoms with E-state index in [0.717, 1.165) is 13.0 Å². The molecule has 0 bridgehead atoms. The lowest BCUT2D eigenvalue weighted by molar-refractivity contribution is 0.341. The fourth-order valence-corrected chi connectivity index (χ4v) is 1.02. The van der Waals surface area contributed by atoms with Gasteiger partial charge in [-0.15, -0.1) is 0 Å². The molecule has 0 unspecified atom stereocenters. The minimum absolute atomic E-state index is 1.10. The second-order valence-electron chi connectivity index (χ2n) is 1.95. The van der Waals surface area contributed by atoms with E-state index in [2.05, 4.69) is 22.6 Å². The first-order chi connectivity index (χ1) is 3.97. The number of allylic oxidation sites excluding steroid dienone is 1. The Morgan fingerprint density at radius 1 is 1.75 bits per heavy atom. The van der Waals surface area contributed by atoms with Gasteiger partial charge in [-0.1, -0.05) is 6.08 Å². The van der Waals surface area contributed by atoms with E-state index in [1.54, 1.807) is 0 Å². The molecule has 0 spiro atoms. The third kappa shape index (κ3) is 0.372. The van der Waals surface area contributed by atoms with E-state index in [0.29, 0.717) is 0 Å². The largest absolute Gasteiger partial charge is 0.305 e. The van der Waals surface area contributed by atoms with Crippen molar-refractivity contribution in [2.45, 2.75) is 6.42 Å². The molecule has 0 aliphatic carbocycles. The number of hydrogen-bond acceptors (Lipinski definition) is 2. The molecule has 0 amide bonds. The van der Waals surface area contributed by atoms with E-state index < -0.39 is 0 Å². The maximum atomic E-state index is 3.07. The summed E-state index contributed by atoms with van der Waals surface area (Å²) in [5.41, 5.74) is 4.25. The Labute approximate surface area is 48.5 Å². The summed E-state index contributed by atoms with van der Waals surface area (Å²) in [6.07, 6.45) is 8.24. The first-order valence-electron chi connectivity index (χ1n) is 2.79. The highest BCUT2D eigenvalue weighted by molar-refractivity contribution is 5.18. The lowest BCUT2D eigenvalue weighted by Crippen LogP contribution is -2.25. The number of nitrogens with one attached hydrogen (secondary N) is 1. The van der Waals surface area contributed by atoms with Crippen LogP contribution >= 0.6 is 0 Å². The van der Waals surface area contributed by atoms with Crippen molar-refractivity contribution in [1.29, 1.82) is 0 Å². The molecule has 0 aromatic heterocycles. The van der Waals surface area contributed by atoms with Gasteiger partial charge < -0.3 is 5.43 Å². The summed E-state index contributed by atoms with van der Waals surface area (Å²) in [7, 11) is 0. The minimum Gasteiger partial charge on any atom is -0.305 e. The molecular weight excluding hydrogens is 100 g/mol. The topological polar surface area (TPSA) is 15.3 Å². The van der Waals surface area contributed by atoms with Crippen LogP contribution in [0.25, 0.3) is 0 Å². The first-order valence-corrected chi connectivity index (χ1v) is 2.79. The maximum Gasteiger partial charge on any atom is 0.0627 e. The van der Waals surface area contributed by atoms with Crippen LogP contribution in [0.1, 0.15) is 6.42 Å². The fraction of sp³-hybridized carbons (Fsp3) is 0.333. The van der Waals surface area contributed by atoms with Gasteiger partial charge in [-0.25, -0.2) is 0 Å². The van der Waals surface area contributed by atoms with Gasteiger partial charge in [0.1, 0.15) is 0 Å². The highest BCUT2D eigenvalue weighted by Crippen LogP contribution is 2.15. The van der Waals surface area contributed by atoms with Gasteiger partial charge in [0, 0.05) is 18.8 Å². The summed E-state index contributed by atoms with van der Waals surface area (Å²) in [5.74, 6) is 0. The van der Waals surface area contributed by atoms with Gasteiger partial charge in [-0.05, 0) is 6.42 Å². The van der Waals surface area contributed by atoms with Crippen molar-refractivity contribution in [3.63, 3.8) is 0 Å². The van der Waals surface area contributed by atoms with Crippen molar-refractivity contribution >= 4 is 0 Å². The molecule has 0 fully saturated rings. The van der Waals surface area contributed by atoms with E-state index >= 15 is 0 Å². The molecule has 0 atom stereocenters. The molecule has 2 heterocycles. The summed E-state index contributed by atoms with van der Waals surface area (Å²) in [6.45, 7) is 1.10. The molecule has 2 aliphatic heterocycles. The van der Waals surface area contributed by atoms with Crippen LogP contribution in [0.3, 0.4) is 0 Å². The highest BCUT2D eigenvalue weighted by atomic mass is 15.5. The van der Waals surface area contributed by atoms with Gasteiger partial charge in [-0.2, -0.15) is 0 Å². The molecule has 2 nitrogen and oxygen atoms in total. The predicted molar refractivity (Wildman–Crippen MR) is 30.4 cm³/mol. The Balaban J connectivity index is 2.31. The lowest BCUT2D eigenvalue weighted by Gasteiger charge is -2.12. The molecule has 0 saturated carbocycles. The van der Waals surface area contributed by atoms with E-state index in [-0.39, 0.29) is 0 Å². The molecule has 8 heavy (non-hydrogen) atoms. The van der Waals surface area contributed by atoms with Gasteiger partial charge in [0.25, 0.3) is 0 Å². The molecule has 0 aromatic carbocycles. The Bertz CT molecular complexity index is 158. The van der Waals surface area contributed by atoms with Gasteiger partial charge >= 0.3 is 0 Å². The van der Waals surface area contributed by atoms with Crippen LogP contribution in [-0.4, -0.2) is 11.6 Å². The average molecular weight is 107 g/mol. The molecule has 41 valence electrons. The van der Waals surface area contributed by atoms with Crippen molar-refractivity contribution in [3.8, 4) is 0 Å². The van der Waals surface area contributed by atoms with Crippen LogP contribution < -0.4 is 5.43 Å². The van der Waals surface area contributed by atoms with Crippen LogP contribution in [0.5, 0.6) is 0 Å². The maximum absolute atomic E-state index is 3.07. The van der Waals surface area contributed by atoms with Crippen LogP contribution in [0.4, 0.5) is 0 Å². The normalized spacial score (nSPS) is 23.0. The molecule has 2 rings (SSSR count). The third-order valence-electron chi connectivity index (χ3n) is 1.42. The zero-order valence-corrected chi connectivity index (χ0v) is 4.52. The van der Waals surface area contributed by atoms with Crippen LogP contribution in [0.2, 0.25) is 0 Å². The molecule has 0 saturated heterocycles. The SMILES string of the molecule is [C]1=CNN2CCC=C12. The second kappa shape index (κ2) is 1.28. The molecule has 2 aliphatic rings. The number of nitrogens with zero attached hydrogens (tertiary/aromatic N) is 1. The van der Waals surface area contributed by atoms with Gasteiger partial charge in [0.15, 0.2) is 0 Å². The van der Waals surface area contributed by atoms with E-state index in [4.69, 9.17) is 0 Å². The second-order valence-corrected chi connectivity index (χ2v) is 1.95. The summed E-state index contributed by atoms with van der Waals surface area (Å²) >= 11 is 0. The molecule has 0 aromatic rings. The van der Waals surface area contributed by atoms with Crippen LogP contribution in [0.15, 0.2) is 18.0 Å². The Morgan fingerprint density at radius 2 is 2.75 bits per heavy atom. The molecule has 1 N–H and O–H groups in total. The molecular formula is C6H7N2. The summed E-state index contributed by atoms with van der Waals surface area (Å²) in [6, 6.07) is 0. The average Bonchev–Trinajstić information content (AvgIpc) is 2.15. The van der Waals surface area contributed by atoms with Crippen molar-refractivity contribution in [2.24, 2.45) is 0 Å². The quantitative estimate of drug-likeness (QED) is 0.482. The Morgan fingerprint density at radius 3 is 3.62 bits per heavy atom. The third-order valence-corrected chi connectivity index (χ3v) is 1.42. The van der Waals surface area contributed by atoms with Crippen LogP contribution in [0, 0.1) is 6.08 Å². The predicted octanol–water partition coefficient (Wildman–Crippen LogP) is 0.411. The molecule has 2 heteroatoms. The summed E-state index contributed by atoms with van der Waals surface area (Å²) < 4.78 is 0.